The summed E-state index contributed by atoms with van der Waals surface area (Å²) in [6.45, 7) is 1.01. The van der Waals surface area contributed by atoms with Crippen LogP contribution in [0.5, 0.6) is 0 Å². The van der Waals surface area contributed by atoms with Gasteiger partial charge in [0.2, 0.25) is 10.0 Å². The van der Waals surface area contributed by atoms with Crippen molar-refractivity contribution in [2.45, 2.75) is 6.92 Å². The third-order valence-corrected chi connectivity index (χ3v) is 3.14. The van der Waals surface area contributed by atoms with Crippen LogP contribution in [0.1, 0.15) is 5.56 Å². The third kappa shape index (κ3) is 3.17. The van der Waals surface area contributed by atoms with Gasteiger partial charge in [-0.05, 0) is 19.1 Å². The van der Waals surface area contributed by atoms with Gasteiger partial charge in [-0.2, -0.15) is 0 Å². The lowest BCUT2D eigenvalue weighted by atomic mass is 10.2. The maximum atomic E-state index is 13.1. The molecule has 4 nitrogen and oxygen atoms in total. The number of hydrogen-bond acceptors (Lipinski definition) is 3. The molecule has 0 saturated carbocycles. The van der Waals surface area contributed by atoms with Gasteiger partial charge >= 0.3 is 0 Å². The fourth-order valence-corrected chi connectivity index (χ4v) is 1.96. The molecule has 2 N–H and O–H groups in total. The van der Waals surface area contributed by atoms with Crippen LogP contribution in [0.2, 0.25) is 0 Å². The van der Waals surface area contributed by atoms with Crippen LogP contribution in [0.25, 0.3) is 0 Å². The summed E-state index contributed by atoms with van der Waals surface area (Å²) in [4.78, 5) is 0. The van der Waals surface area contributed by atoms with E-state index < -0.39 is 28.2 Å². The standard InChI is InChI=1S/C9H12FNO3S/c1-7-8(10)3-2-4-9(7)11-15(13,14)6-5-12/h2-4,11-12H,5-6H2,1H3. The molecule has 1 aromatic carbocycles. The van der Waals surface area contributed by atoms with Crippen LogP contribution in [0.4, 0.5) is 10.1 Å². The molecule has 0 saturated heterocycles. The van der Waals surface area contributed by atoms with Crippen LogP contribution in [-0.2, 0) is 10.0 Å². The highest BCUT2D eigenvalue weighted by atomic mass is 32.2. The topological polar surface area (TPSA) is 66.4 Å². The summed E-state index contributed by atoms with van der Waals surface area (Å²) in [6, 6.07) is 4.13. The number of aliphatic hydroxyl groups is 1. The Morgan fingerprint density at radius 1 is 1.47 bits per heavy atom. The van der Waals surface area contributed by atoms with Crippen molar-refractivity contribution in [1.29, 1.82) is 0 Å². The van der Waals surface area contributed by atoms with Crippen molar-refractivity contribution in [3.05, 3.63) is 29.6 Å². The molecule has 0 aliphatic rings. The quantitative estimate of drug-likeness (QED) is 0.810. The van der Waals surface area contributed by atoms with E-state index in [1.807, 2.05) is 0 Å². The van der Waals surface area contributed by atoms with Crippen molar-refractivity contribution in [3.63, 3.8) is 0 Å². The van der Waals surface area contributed by atoms with Gasteiger partial charge in [0.1, 0.15) is 5.82 Å². The first-order chi connectivity index (χ1) is 6.96. The van der Waals surface area contributed by atoms with Crippen LogP contribution in [0.3, 0.4) is 0 Å². The minimum Gasteiger partial charge on any atom is -0.395 e. The average molecular weight is 233 g/mol. The zero-order valence-corrected chi connectivity index (χ0v) is 9.01. The second-order valence-corrected chi connectivity index (χ2v) is 4.90. The first kappa shape index (κ1) is 11.9. The number of halogens is 1. The van der Waals surface area contributed by atoms with Gasteiger partial charge in [0, 0.05) is 5.56 Å². The molecule has 0 spiro atoms. The summed E-state index contributed by atoms with van der Waals surface area (Å²) in [5, 5.41) is 8.51. The van der Waals surface area contributed by atoms with E-state index in [4.69, 9.17) is 5.11 Å². The van der Waals surface area contributed by atoms with Crippen LogP contribution in [-0.4, -0.2) is 25.9 Å². The third-order valence-electron chi connectivity index (χ3n) is 1.89. The Morgan fingerprint density at radius 3 is 2.73 bits per heavy atom. The maximum absolute atomic E-state index is 13.1. The zero-order valence-electron chi connectivity index (χ0n) is 8.20. The van der Waals surface area contributed by atoms with Gasteiger partial charge < -0.3 is 5.11 Å². The van der Waals surface area contributed by atoms with Crippen LogP contribution in [0.15, 0.2) is 18.2 Å². The molecular formula is C9H12FNO3S. The minimum atomic E-state index is -3.59. The van der Waals surface area contributed by atoms with Crippen molar-refractivity contribution in [2.24, 2.45) is 0 Å². The molecule has 0 atom stereocenters. The molecule has 15 heavy (non-hydrogen) atoms. The Bertz CT molecular complexity index is 445. The molecule has 0 aromatic heterocycles. The molecule has 0 radical (unpaired) electrons. The number of nitrogens with one attached hydrogen (secondary N) is 1. The highest BCUT2D eigenvalue weighted by molar-refractivity contribution is 7.92. The molecule has 0 heterocycles. The molecule has 0 amide bonds. The van der Waals surface area contributed by atoms with E-state index in [-0.39, 0.29) is 11.3 Å². The highest BCUT2D eigenvalue weighted by Crippen LogP contribution is 2.18. The fourth-order valence-electron chi connectivity index (χ4n) is 1.06. The van der Waals surface area contributed by atoms with Crippen LogP contribution < -0.4 is 4.72 Å². The summed E-state index contributed by atoms with van der Waals surface area (Å²) in [5.41, 5.74) is 0.433. The number of sulfonamides is 1. The van der Waals surface area contributed by atoms with E-state index in [9.17, 15) is 12.8 Å². The lowest BCUT2D eigenvalue weighted by Gasteiger charge is -2.09. The van der Waals surface area contributed by atoms with E-state index in [1.54, 1.807) is 0 Å². The van der Waals surface area contributed by atoms with E-state index >= 15 is 0 Å². The first-order valence-corrected chi connectivity index (χ1v) is 5.98. The van der Waals surface area contributed by atoms with Gasteiger partial charge in [0.05, 0.1) is 18.0 Å². The lowest BCUT2D eigenvalue weighted by molar-refractivity contribution is 0.320. The molecule has 0 aliphatic heterocycles. The van der Waals surface area contributed by atoms with Gasteiger partial charge in [-0.1, -0.05) is 6.07 Å². The van der Waals surface area contributed by atoms with Gasteiger partial charge in [0.25, 0.3) is 0 Å². The first-order valence-electron chi connectivity index (χ1n) is 4.33. The minimum absolute atomic E-state index is 0.198. The van der Waals surface area contributed by atoms with Gasteiger partial charge in [-0.3, -0.25) is 4.72 Å². The monoisotopic (exact) mass is 233 g/mol. The van der Waals surface area contributed by atoms with Crippen molar-refractivity contribution in [1.82, 2.24) is 0 Å². The van der Waals surface area contributed by atoms with Gasteiger partial charge in [-0.15, -0.1) is 0 Å². The summed E-state index contributed by atoms with van der Waals surface area (Å²) in [6.07, 6.45) is 0. The zero-order chi connectivity index (χ0) is 11.5. The van der Waals surface area contributed by atoms with Crippen LogP contribution in [0, 0.1) is 12.7 Å². The summed E-state index contributed by atoms with van der Waals surface area (Å²) < 4.78 is 37.8. The highest BCUT2D eigenvalue weighted by Gasteiger charge is 2.12. The Labute approximate surface area is 87.8 Å². The molecule has 0 aliphatic carbocycles. The van der Waals surface area contributed by atoms with E-state index in [0.29, 0.717) is 0 Å². The lowest BCUT2D eigenvalue weighted by Crippen LogP contribution is -2.19. The largest absolute Gasteiger partial charge is 0.395 e. The number of rotatable bonds is 4. The predicted octanol–water partition coefficient (Wildman–Crippen LogP) is 0.868. The van der Waals surface area contributed by atoms with E-state index in [0.717, 1.165) is 0 Å². The Kier molecular flexibility index (Phi) is 3.65. The molecule has 0 bridgehead atoms. The van der Waals surface area contributed by atoms with Crippen molar-refractivity contribution < 1.29 is 17.9 Å². The second-order valence-electron chi connectivity index (χ2n) is 3.06. The molecule has 1 rings (SSSR count). The molecule has 1 aromatic rings. The van der Waals surface area contributed by atoms with Crippen molar-refractivity contribution >= 4 is 15.7 Å². The van der Waals surface area contributed by atoms with E-state index in [1.165, 1.54) is 25.1 Å². The molecule has 0 unspecified atom stereocenters. The molecule has 84 valence electrons. The second kappa shape index (κ2) is 4.59. The smallest absolute Gasteiger partial charge is 0.235 e. The summed E-state index contributed by atoms with van der Waals surface area (Å²) >= 11 is 0. The van der Waals surface area contributed by atoms with Gasteiger partial charge in [-0.25, -0.2) is 12.8 Å². The number of anilines is 1. The molecular weight excluding hydrogens is 221 g/mol. The van der Waals surface area contributed by atoms with Gasteiger partial charge in [0.15, 0.2) is 0 Å². The molecule has 6 heteroatoms. The summed E-state index contributed by atoms with van der Waals surface area (Å²) in [7, 11) is -3.59. The predicted molar refractivity (Wildman–Crippen MR) is 55.6 cm³/mol. The summed E-state index contributed by atoms with van der Waals surface area (Å²) in [5.74, 6) is -0.873. The van der Waals surface area contributed by atoms with Crippen LogP contribution >= 0.6 is 0 Å². The SMILES string of the molecule is Cc1c(F)cccc1NS(=O)(=O)CCO. The number of hydrogen-bond donors (Lipinski definition) is 2. The number of aliphatic hydroxyl groups excluding tert-OH is 1. The molecule has 0 fully saturated rings. The Balaban J connectivity index is 2.95. The number of benzene rings is 1. The average Bonchev–Trinajstić information content (AvgIpc) is 2.12. The normalized spacial score (nSPS) is 11.4. The van der Waals surface area contributed by atoms with Crippen molar-refractivity contribution in [2.75, 3.05) is 17.1 Å². The maximum Gasteiger partial charge on any atom is 0.235 e. The Hall–Kier alpha value is -1.14. The van der Waals surface area contributed by atoms with E-state index in [2.05, 4.69) is 4.72 Å². The fraction of sp³-hybridized carbons (Fsp3) is 0.333. The van der Waals surface area contributed by atoms with Crippen molar-refractivity contribution in [3.8, 4) is 0 Å². The Morgan fingerprint density at radius 2 is 2.13 bits per heavy atom.